The van der Waals surface area contributed by atoms with Crippen LogP contribution in [0.15, 0.2) is 59.1 Å². The first-order valence-corrected chi connectivity index (χ1v) is 12.5. The number of nitrogens with one attached hydrogen (secondary N) is 2. The number of halogens is 1. The second-order valence-corrected chi connectivity index (χ2v) is 9.15. The molecule has 0 spiro atoms. The Kier molecular flexibility index (Phi) is 7.86. The summed E-state index contributed by atoms with van der Waals surface area (Å²) < 4.78 is 4.31. The van der Waals surface area contributed by atoms with Gasteiger partial charge in [0.2, 0.25) is 11.9 Å². The molecular formula is C25H25BrN8O4. The number of benzene rings is 2. The summed E-state index contributed by atoms with van der Waals surface area (Å²) in [6, 6.07) is 11.4. The Morgan fingerprint density at radius 3 is 2.71 bits per heavy atom. The summed E-state index contributed by atoms with van der Waals surface area (Å²) in [4.78, 5) is 39.9. The van der Waals surface area contributed by atoms with Crippen LogP contribution >= 0.6 is 15.9 Å². The molecule has 38 heavy (non-hydrogen) atoms. The number of para-hydroxylation sites is 1. The Morgan fingerprint density at radius 1 is 1.21 bits per heavy atom. The molecule has 0 bridgehead atoms. The first-order chi connectivity index (χ1) is 18.2. The Morgan fingerprint density at radius 2 is 2.00 bits per heavy atom. The van der Waals surface area contributed by atoms with Crippen molar-refractivity contribution in [2.75, 3.05) is 17.2 Å². The molecule has 4 N–H and O–H groups in total. The van der Waals surface area contributed by atoms with Gasteiger partial charge in [0.25, 0.3) is 11.6 Å². The van der Waals surface area contributed by atoms with Gasteiger partial charge in [-0.25, -0.2) is 4.98 Å². The first-order valence-electron chi connectivity index (χ1n) is 11.7. The lowest BCUT2D eigenvalue weighted by atomic mass is 10.1. The number of allylic oxidation sites excluding steroid dienone is 1. The molecule has 2 aromatic heterocycles. The van der Waals surface area contributed by atoms with Gasteiger partial charge >= 0.3 is 0 Å². The number of imidazole rings is 1. The van der Waals surface area contributed by atoms with Crippen LogP contribution < -0.4 is 16.4 Å². The van der Waals surface area contributed by atoms with Gasteiger partial charge in [0.05, 0.1) is 21.7 Å². The molecule has 2 heterocycles. The summed E-state index contributed by atoms with van der Waals surface area (Å²) in [6.45, 7) is 4.94. The molecule has 0 atom stereocenters. The van der Waals surface area contributed by atoms with Crippen molar-refractivity contribution in [3.05, 3.63) is 86.2 Å². The smallest absolute Gasteiger partial charge is 0.293 e. The minimum atomic E-state index is -0.740. The van der Waals surface area contributed by atoms with E-state index in [-0.39, 0.29) is 29.4 Å². The van der Waals surface area contributed by atoms with E-state index in [9.17, 15) is 19.7 Å². The average Bonchev–Trinajstić information content (AvgIpc) is 3.44. The van der Waals surface area contributed by atoms with Gasteiger partial charge in [-0.15, -0.1) is 0 Å². The second kappa shape index (κ2) is 11.3. The third kappa shape index (κ3) is 5.57. The van der Waals surface area contributed by atoms with E-state index < -0.39 is 10.8 Å². The molecule has 13 heteroatoms. The van der Waals surface area contributed by atoms with E-state index in [1.165, 1.54) is 12.1 Å². The highest BCUT2D eigenvalue weighted by molar-refractivity contribution is 9.10. The summed E-state index contributed by atoms with van der Waals surface area (Å²) in [5, 5.41) is 21.6. The van der Waals surface area contributed by atoms with Crippen molar-refractivity contribution >= 4 is 56.1 Å². The first kappa shape index (κ1) is 26.5. The van der Waals surface area contributed by atoms with Crippen LogP contribution in [-0.2, 0) is 13.1 Å². The third-order valence-electron chi connectivity index (χ3n) is 5.72. The molecule has 4 aromatic rings. The number of primary amides is 1. The predicted octanol–water partition coefficient (Wildman–Crippen LogP) is 4.25. The monoisotopic (exact) mass is 580 g/mol. The Labute approximate surface area is 225 Å². The summed E-state index contributed by atoms with van der Waals surface area (Å²) in [7, 11) is 0. The van der Waals surface area contributed by atoms with Crippen LogP contribution in [0.1, 0.15) is 33.5 Å². The molecule has 0 aliphatic carbocycles. The van der Waals surface area contributed by atoms with E-state index in [4.69, 9.17) is 5.73 Å². The van der Waals surface area contributed by atoms with Crippen molar-refractivity contribution in [1.29, 1.82) is 0 Å². The molecule has 4 rings (SSSR count). The van der Waals surface area contributed by atoms with Crippen molar-refractivity contribution in [2.24, 2.45) is 5.73 Å². The van der Waals surface area contributed by atoms with Gasteiger partial charge in [-0.3, -0.25) is 29.7 Å². The number of rotatable bonds is 10. The van der Waals surface area contributed by atoms with Crippen molar-refractivity contribution in [2.45, 2.75) is 26.9 Å². The molecular weight excluding hydrogens is 556 g/mol. The number of nitro benzene ring substituents is 1. The summed E-state index contributed by atoms with van der Waals surface area (Å²) in [6.07, 6.45) is 3.66. The van der Waals surface area contributed by atoms with Gasteiger partial charge in [0.15, 0.2) is 0 Å². The highest BCUT2D eigenvalue weighted by Gasteiger charge is 2.19. The fraction of sp³-hybridized carbons (Fsp3) is 0.200. The van der Waals surface area contributed by atoms with Crippen LogP contribution in [0.5, 0.6) is 0 Å². The highest BCUT2D eigenvalue weighted by Crippen LogP contribution is 2.28. The van der Waals surface area contributed by atoms with E-state index in [1.807, 2.05) is 42.7 Å². The van der Waals surface area contributed by atoms with Gasteiger partial charge in [-0.05, 0) is 60.1 Å². The van der Waals surface area contributed by atoms with Crippen LogP contribution in [0.4, 0.5) is 17.3 Å². The van der Waals surface area contributed by atoms with E-state index in [0.717, 1.165) is 21.7 Å². The molecule has 0 unspecified atom stereocenters. The number of hydrogen-bond acceptors (Lipinski definition) is 7. The van der Waals surface area contributed by atoms with Crippen LogP contribution in [0.3, 0.4) is 0 Å². The molecule has 0 saturated carbocycles. The van der Waals surface area contributed by atoms with Crippen LogP contribution in [-0.4, -0.2) is 42.6 Å². The molecule has 2 aromatic carbocycles. The highest BCUT2D eigenvalue weighted by atomic mass is 79.9. The molecule has 0 aliphatic heterocycles. The second-order valence-electron chi connectivity index (χ2n) is 8.30. The SMILES string of the molecule is CCn1nc(C)cc1C(=O)Nc1nc2cccc(Br)c2n1C/C=C/CNc1ccc(C(N)=O)cc1[N+](=O)[O-]. The minimum absolute atomic E-state index is 0.0575. The van der Waals surface area contributed by atoms with Crippen LogP contribution in [0, 0.1) is 17.0 Å². The number of hydrogen-bond donors (Lipinski definition) is 3. The number of nitro groups is 1. The predicted molar refractivity (Wildman–Crippen MR) is 147 cm³/mol. The fourth-order valence-electron chi connectivity index (χ4n) is 3.97. The normalized spacial score (nSPS) is 11.2. The largest absolute Gasteiger partial charge is 0.376 e. The molecule has 0 saturated heterocycles. The number of carbonyl (C=O) groups is 2. The van der Waals surface area contributed by atoms with Gasteiger partial charge in [0.1, 0.15) is 11.4 Å². The van der Waals surface area contributed by atoms with E-state index in [0.29, 0.717) is 30.2 Å². The summed E-state index contributed by atoms with van der Waals surface area (Å²) in [5.74, 6) is -0.693. The number of aryl methyl sites for hydroxylation is 2. The number of nitrogens with two attached hydrogens (primary N) is 1. The Bertz CT molecular complexity index is 1570. The topological polar surface area (TPSA) is 163 Å². The standard InChI is InChI=1S/C25H25BrN8O4/c1-3-33-21(13-15(2)31-33)24(36)30-25-29-19-8-6-7-17(26)22(19)32(25)12-5-4-11-28-18-10-9-16(23(27)35)14-20(18)34(37)38/h4-10,13-14,28H,3,11-12H2,1-2H3,(H2,27,35)(H,29,30,36)/b5-4+. The van der Waals surface area contributed by atoms with Gasteiger partial charge in [0, 0.05) is 35.7 Å². The quantitative estimate of drug-likeness (QED) is 0.143. The van der Waals surface area contributed by atoms with E-state index >= 15 is 0 Å². The van der Waals surface area contributed by atoms with Crippen molar-refractivity contribution in [3.8, 4) is 0 Å². The third-order valence-corrected chi connectivity index (χ3v) is 6.36. The number of carbonyl (C=O) groups excluding carboxylic acids is 2. The maximum absolute atomic E-state index is 13.1. The van der Waals surface area contributed by atoms with Crippen molar-refractivity contribution < 1.29 is 14.5 Å². The maximum Gasteiger partial charge on any atom is 0.293 e. The van der Waals surface area contributed by atoms with Gasteiger partial charge in [-0.1, -0.05) is 18.2 Å². The number of anilines is 2. The molecule has 12 nitrogen and oxygen atoms in total. The molecule has 196 valence electrons. The molecule has 2 amide bonds. The number of fused-ring (bicyclic) bond motifs is 1. The van der Waals surface area contributed by atoms with Crippen molar-refractivity contribution in [3.63, 3.8) is 0 Å². The van der Waals surface area contributed by atoms with Gasteiger partial charge < -0.3 is 15.6 Å². The Balaban J connectivity index is 1.53. The van der Waals surface area contributed by atoms with E-state index in [1.54, 1.807) is 16.8 Å². The Hall–Kier alpha value is -4.52. The molecule has 0 fully saturated rings. The minimum Gasteiger partial charge on any atom is -0.376 e. The summed E-state index contributed by atoms with van der Waals surface area (Å²) >= 11 is 3.57. The average molecular weight is 581 g/mol. The lowest BCUT2D eigenvalue weighted by Crippen LogP contribution is -2.19. The lowest BCUT2D eigenvalue weighted by Gasteiger charge is -2.10. The number of amides is 2. The zero-order valence-corrected chi connectivity index (χ0v) is 22.2. The molecule has 0 radical (unpaired) electrons. The number of aromatic nitrogens is 4. The summed E-state index contributed by atoms with van der Waals surface area (Å²) in [5.41, 5.74) is 7.98. The zero-order chi connectivity index (χ0) is 27.4. The van der Waals surface area contributed by atoms with Crippen LogP contribution in [0.25, 0.3) is 11.0 Å². The maximum atomic E-state index is 13.1. The van der Waals surface area contributed by atoms with E-state index in [2.05, 4.69) is 36.6 Å². The molecule has 0 aliphatic rings. The zero-order valence-electron chi connectivity index (χ0n) is 20.6. The van der Waals surface area contributed by atoms with Crippen molar-refractivity contribution in [1.82, 2.24) is 19.3 Å². The van der Waals surface area contributed by atoms with Crippen LogP contribution in [0.2, 0.25) is 0 Å². The van der Waals surface area contributed by atoms with Gasteiger partial charge in [-0.2, -0.15) is 5.10 Å². The number of nitrogens with zero attached hydrogens (tertiary/aromatic N) is 5. The fourth-order valence-corrected chi connectivity index (χ4v) is 4.54. The lowest BCUT2D eigenvalue weighted by molar-refractivity contribution is -0.384.